The maximum atomic E-state index is 13.5. The van der Waals surface area contributed by atoms with Crippen molar-refractivity contribution < 1.29 is 24.1 Å². The van der Waals surface area contributed by atoms with Gasteiger partial charge in [-0.05, 0) is 75.6 Å². The third kappa shape index (κ3) is 6.30. The Morgan fingerprint density at radius 3 is 2.65 bits per heavy atom. The normalized spacial score (nSPS) is 23.8. The number of carbonyl (C=O) groups is 1. The monoisotopic (exact) mass is 566 g/mol. The summed E-state index contributed by atoms with van der Waals surface area (Å²) in [7, 11) is 1.77. The molecule has 3 aromatic rings. The van der Waals surface area contributed by atoms with Crippen LogP contribution in [0.1, 0.15) is 67.2 Å². The van der Waals surface area contributed by atoms with E-state index in [4.69, 9.17) is 16.3 Å². The quantitative estimate of drug-likeness (QED) is 0.373. The molecule has 0 radical (unpaired) electrons. The number of nitrogens with one attached hydrogen (secondary N) is 1. The number of fused-ring (bicyclic) bond motifs is 1. The predicted molar refractivity (Wildman–Crippen MR) is 149 cm³/mol. The van der Waals surface area contributed by atoms with Crippen molar-refractivity contribution in [2.24, 2.45) is 18.9 Å². The molecule has 3 N–H and O–H groups in total. The topological polar surface area (TPSA) is 110 Å². The Morgan fingerprint density at radius 1 is 1.25 bits per heavy atom. The number of imidazole rings is 1. The van der Waals surface area contributed by atoms with Gasteiger partial charge in [0.2, 0.25) is 5.88 Å². The van der Waals surface area contributed by atoms with Crippen LogP contribution >= 0.6 is 11.6 Å². The first kappa shape index (κ1) is 28.1. The molecule has 2 heterocycles. The Labute approximate surface area is 237 Å². The van der Waals surface area contributed by atoms with Gasteiger partial charge in [-0.25, -0.2) is 14.4 Å². The van der Waals surface area contributed by atoms with Crippen molar-refractivity contribution in [3.05, 3.63) is 70.6 Å². The first-order valence-electron chi connectivity index (χ1n) is 13.2. The van der Waals surface area contributed by atoms with Crippen LogP contribution in [0.2, 0.25) is 5.02 Å². The number of hydrogen-bond acceptors (Lipinski definition) is 6. The standard InChI is InChI=1S/C30H32ClFN4O4/c1-29(2,38)16-40-25-10-18(7-9-33-25)6-8-30(39)14-20-11-19(12-21(20)15-30)26-27(36(3)17-34-26)28(37)35-22-4-5-24(32)23(31)13-22/h4-5,7,9-10,13,17,19-21,38-39H,11-12,14-16H2,1-3H3,(H,35,37). The van der Waals surface area contributed by atoms with Crippen molar-refractivity contribution in [3.8, 4) is 17.7 Å². The van der Waals surface area contributed by atoms with E-state index >= 15 is 0 Å². The molecule has 0 saturated heterocycles. The van der Waals surface area contributed by atoms with E-state index in [1.165, 1.54) is 18.2 Å². The van der Waals surface area contributed by atoms with Gasteiger partial charge in [-0.2, -0.15) is 0 Å². The van der Waals surface area contributed by atoms with E-state index in [1.807, 2.05) is 0 Å². The van der Waals surface area contributed by atoms with Crippen molar-refractivity contribution in [1.82, 2.24) is 14.5 Å². The molecular formula is C30H32ClFN4O4. The molecular weight excluding hydrogens is 535 g/mol. The SMILES string of the molecule is Cn1cnc(C2CC3CC(O)(C#Cc4ccnc(OCC(C)(C)O)c4)CC3C2)c1C(=O)Nc1ccc(F)c(Cl)c1. The van der Waals surface area contributed by atoms with Crippen molar-refractivity contribution in [2.45, 2.75) is 56.7 Å². The lowest BCUT2D eigenvalue weighted by molar-refractivity contribution is 0.0268. The smallest absolute Gasteiger partial charge is 0.274 e. The lowest BCUT2D eigenvalue weighted by Crippen LogP contribution is -2.28. The number of carbonyl (C=O) groups excluding carboxylic acids is 1. The Morgan fingerprint density at radius 2 is 1.98 bits per heavy atom. The molecule has 40 heavy (non-hydrogen) atoms. The van der Waals surface area contributed by atoms with Crippen molar-refractivity contribution in [1.29, 1.82) is 0 Å². The summed E-state index contributed by atoms with van der Waals surface area (Å²) in [6, 6.07) is 7.51. The largest absolute Gasteiger partial charge is 0.475 e. The predicted octanol–water partition coefficient (Wildman–Crippen LogP) is 4.70. The van der Waals surface area contributed by atoms with E-state index in [1.54, 1.807) is 50.1 Å². The van der Waals surface area contributed by atoms with Gasteiger partial charge in [0, 0.05) is 36.5 Å². The number of ether oxygens (including phenoxy) is 1. The molecule has 2 fully saturated rings. The van der Waals surface area contributed by atoms with E-state index in [9.17, 15) is 19.4 Å². The average molecular weight is 567 g/mol. The first-order chi connectivity index (χ1) is 18.9. The highest BCUT2D eigenvalue weighted by Crippen LogP contribution is 2.53. The molecule has 0 aliphatic heterocycles. The summed E-state index contributed by atoms with van der Waals surface area (Å²) in [5, 5.41) is 23.9. The number of hydrogen-bond donors (Lipinski definition) is 3. The molecule has 1 amide bonds. The zero-order valence-corrected chi connectivity index (χ0v) is 23.4. The molecule has 2 aliphatic rings. The molecule has 5 rings (SSSR count). The molecule has 2 aliphatic carbocycles. The van der Waals surface area contributed by atoms with Gasteiger partial charge in [-0.1, -0.05) is 23.4 Å². The number of anilines is 1. The summed E-state index contributed by atoms with van der Waals surface area (Å²) in [4.78, 5) is 21.9. The Hall–Kier alpha value is -3.45. The number of benzene rings is 1. The van der Waals surface area contributed by atoms with Crippen molar-refractivity contribution in [2.75, 3.05) is 11.9 Å². The van der Waals surface area contributed by atoms with Gasteiger partial charge >= 0.3 is 0 Å². The lowest BCUT2D eigenvalue weighted by Gasteiger charge is -2.19. The second kappa shape index (κ2) is 10.8. The van der Waals surface area contributed by atoms with Crippen LogP contribution in [0.15, 0.2) is 42.9 Å². The molecule has 210 valence electrons. The molecule has 10 heteroatoms. The highest BCUT2D eigenvalue weighted by molar-refractivity contribution is 6.31. The molecule has 2 unspecified atom stereocenters. The number of aliphatic hydroxyl groups is 2. The summed E-state index contributed by atoms with van der Waals surface area (Å²) in [5.41, 5.74) is 0.197. The van der Waals surface area contributed by atoms with E-state index in [2.05, 4.69) is 27.1 Å². The number of amides is 1. The fraction of sp³-hybridized carbons (Fsp3) is 0.433. The van der Waals surface area contributed by atoms with Crippen LogP contribution in [0, 0.1) is 29.5 Å². The van der Waals surface area contributed by atoms with Crippen LogP contribution in [0.3, 0.4) is 0 Å². The van der Waals surface area contributed by atoms with Gasteiger partial charge in [0.15, 0.2) is 0 Å². The lowest BCUT2D eigenvalue weighted by atomic mass is 9.92. The van der Waals surface area contributed by atoms with E-state index in [0.29, 0.717) is 35.7 Å². The minimum atomic E-state index is -1.09. The maximum Gasteiger partial charge on any atom is 0.274 e. The summed E-state index contributed by atoms with van der Waals surface area (Å²) in [5.74, 6) is 6.25. The average Bonchev–Trinajstić information content (AvgIpc) is 3.54. The number of aromatic nitrogens is 3. The van der Waals surface area contributed by atoms with Crippen molar-refractivity contribution in [3.63, 3.8) is 0 Å². The fourth-order valence-corrected chi connectivity index (χ4v) is 5.96. The Bertz CT molecular complexity index is 1470. The summed E-state index contributed by atoms with van der Waals surface area (Å²) in [6.07, 6.45) is 5.93. The molecule has 2 saturated carbocycles. The second-order valence-corrected chi connectivity index (χ2v) is 11.9. The first-order valence-corrected chi connectivity index (χ1v) is 13.6. The fourth-order valence-electron chi connectivity index (χ4n) is 5.78. The van der Waals surface area contributed by atoms with Crippen LogP contribution in [-0.2, 0) is 7.05 Å². The summed E-state index contributed by atoms with van der Waals surface area (Å²) < 4.78 is 20.8. The highest BCUT2D eigenvalue weighted by Gasteiger charge is 2.49. The molecule has 8 nitrogen and oxygen atoms in total. The minimum Gasteiger partial charge on any atom is -0.475 e. The van der Waals surface area contributed by atoms with Gasteiger partial charge in [-0.15, -0.1) is 0 Å². The zero-order valence-electron chi connectivity index (χ0n) is 22.6. The molecule has 0 bridgehead atoms. The van der Waals surface area contributed by atoms with Gasteiger partial charge in [0.05, 0.1) is 22.6 Å². The van der Waals surface area contributed by atoms with Crippen molar-refractivity contribution >= 4 is 23.2 Å². The molecule has 0 spiro atoms. The number of aryl methyl sites for hydroxylation is 1. The molecule has 2 aromatic heterocycles. The van der Waals surface area contributed by atoms with Crippen LogP contribution in [0.5, 0.6) is 5.88 Å². The number of halogens is 2. The molecule has 2 atom stereocenters. The maximum absolute atomic E-state index is 13.5. The van der Waals surface area contributed by atoms with Crippen LogP contribution in [0.4, 0.5) is 10.1 Å². The van der Waals surface area contributed by atoms with Gasteiger partial charge in [-0.3, -0.25) is 4.79 Å². The van der Waals surface area contributed by atoms with E-state index < -0.39 is 17.0 Å². The van der Waals surface area contributed by atoms with Gasteiger partial charge in [0.1, 0.15) is 23.7 Å². The van der Waals surface area contributed by atoms with E-state index in [-0.39, 0.29) is 35.3 Å². The Kier molecular flexibility index (Phi) is 7.62. The number of rotatable bonds is 6. The highest BCUT2D eigenvalue weighted by atomic mass is 35.5. The third-order valence-corrected chi connectivity index (χ3v) is 7.82. The van der Waals surface area contributed by atoms with Crippen LogP contribution in [0.25, 0.3) is 0 Å². The Balaban J connectivity index is 1.24. The van der Waals surface area contributed by atoms with E-state index in [0.717, 1.165) is 18.5 Å². The summed E-state index contributed by atoms with van der Waals surface area (Å²) in [6.45, 7) is 3.41. The third-order valence-electron chi connectivity index (χ3n) is 7.53. The second-order valence-electron chi connectivity index (χ2n) is 11.5. The van der Waals surface area contributed by atoms with Gasteiger partial charge < -0.3 is 24.8 Å². The number of nitrogens with zero attached hydrogens (tertiary/aromatic N) is 3. The van der Waals surface area contributed by atoms with Crippen LogP contribution < -0.4 is 10.1 Å². The zero-order chi connectivity index (χ0) is 28.7. The molecule has 1 aromatic carbocycles. The van der Waals surface area contributed by atoms with Gasteiger partial charge in [0.25, 0.3) is 5.91 Å². The number of pyridine rings is 1. The van der Waals surface area contributed by atoms with Crippen LogP contribution in [-0.4, -0.2) is 48.5 Å². The minimum absolute atomic E-state index is 0.0642. The summed E-state index contributed by atoms with van der Waals surface area (Å²) >= 11 is 5.87.